The van der Waals surface area contributed by atoms with Crippen LogP contribution in [0, 0.1) is 5.82 Å². The summed E-state index contributed by atoms with van der Waals surface area (Å²) in [5.41, 5.74) is 0.584. The molecule has 0 bridgehead atoms. The lowest BCUT2D eigenvalue weighted by Crippen LogP contribution is -2.51. The molecule has 1 atom stereocenters. The molecule has 0 unspecified atom stereocenters. The molecule has 1 N–H and O–H groups in total. The summed E-state index contributed by atoms with van der Waals surface area (Å²) in [6, 6.07) is 14.2. The van der Waals surface area contributed by atoms with Gasteiger partial charge in [0.1, 0.15) is 24.2 Å². The van der Waals surface area contributed by atoms with Gasteiger partial charge >= 0.3 is 0 Å². The molecule has 0 aliphatic rings. The molecule has 8 nitrogen and oxygen atoms in total. The van der Waals surface area contributed by atoms with Gasteiger partial charge in [0.05, 0.1) is 17.7 Å². The van der Waals surface area contributed by atoms with Gasteiger partial charge in [0.25, 0.3) is 10.0 Å². The second-order valence-electron chi connectivity index (χ2n) is 8.46. The first-order valence-corrected chi connectivity index (χ1v) is 14.1. The van der Waals surface area contributed by atoms with Crippen molar-refractivity contribution in [2.75, 3.05) is 25.0 Å². The van der Waals surface area contributed by atoms with Crippen molar-refractivity contribution in [1.82, 2.24) is 10.2 Å². The molecular formula is C27H28Cl2FN3O5S. The lowest BCUT2D eigenvalue weighted by Gasteiger charge is -2.33. The highest BCUT2D eigenvalue weighted by atomic mass is 35.5. The van der Waals surface area contributed by atoms with Gasteiger partial charge in [-0.2, -0.15) is 0 Å². The number of anilines is 1. The zero-order chi connectivity index (χ0) is 28.7. The van der Waals surface area contributed by atoms with Gasteiger partial charge < -0.3 is 15.0 Å². The summed E-state index contributed by atoms with van der Waals surface area (Å²) >= 11 is 12.4. The summed E-state index contributed by atoms with van der Waals surface area (Å²) in [6.45, 7) is 0.981. The molecule has 0 aliphatic heterocycles. The Morgan fingerprint density at radius 2 is 1.67 bits per heavy atom. The molecule has 3 aromatic rings. The third-order valence-electron chi connectivity index (χ3n) is 6.03. The summed E-state index contributed by atoms with van der Waals surface area (Å²) in [5.74, 6) is -1.22. The second kappa shape index (κ2) is 13.1. The van der Waals surface area contributed by atoms with E-state index in [0.29, 0.717) is 16.3 Å². The predicted octanol–water partition coefficient (Wildman–Crippen LogP) is 4.89. The van der Waals surface area contributed by atoms with Crippen LogP contribution in [0.5, 0.6) is 5.75 Å². The van der Waals surface area contributed by atoms with E-state index < -0.39 is 40.2 Å². The molecular weight excluding hydrogens is 568 g/mol. The number of carbonyl (C=O) groups is 2. The predicted molar refractivity (Wildman–Crippen MR) is 149 cm³/mol. The molecule has 0 radical (unpaired) electrons. The summed E-state index contributed by atoms with van der Waals surface area (Å²) < 4.78 is 47.2. The normalized spacial score (nSPS) is 11.9. The monoisotopic (exact) mass is 595 g/mol. The van der Waals surface area contributed by atoms with Crippen molar-refractivity contribution in [3.63, 3.8) is 0 Å². The number of benzene rings is 3. The Kier molecular flexibility index (Phi) is 10.2. The van der Waals surface area contributed by atoms with E-state index in [1.807, 2.05) is 0 Å². The quantitative estimate of drug-likeness (QED) is 0.340. The Bertz CT molecular complexity index is 1420. The lowest BCUT2D eigenvalue weighted by molar-refractivity contribution is -0.140. The number of sulfonamides is 1. The average molecular weight is 597 g/mol. The van der Waals surface area contributed by atoms with Crippen LogP contribution in [0.3, 0.4) is 0 Å². The minimum atomic E-state index is -4.30. The molecule has 0 aliphatic carbocycles. The van der Waals surface area contributed by atoms with Crippen molar-refractivity contribution < 1.29 is 27.1 Å². The van der Waals surface area contributed by atoms with E-state index in [4.69, 9.17) is 27.9 Å². The molecule has 208 valence electrons. The lowest BCUT2D eigenvalue weighted by atomic mass is 10.1. The fraction of sp³-hybridized carbons (Fsp3) is 0.259. The van der Waals surface area contributed by atoms with Crippen LogP contribution >= 0.6 is 23.2 Å². The third-order valence-corrected chi connectivity index (χ3v) is 8.40. The van der Waals surface area contributed by atoms with Crippen molar-refractivity contribution in [3.8, 4) is 5.75 Å². The Labute approximate surface area is 237 Å². The maximum atomic E-state index is 13.9. The number of methoxy groups -OCH3 is 1. The van der Waals surface area contributed by atoms with E-state index in [9.17, 15) is 22.4 Å². The maximum absolute atomic E-state index is 13.9. The van der Waals surface area contributed by atoms with Crippen LogP contribution in [0.2, 0.25) is 10.0 Å². The molecule has 2 amide bonds. The molecule has 0 saturated carbocycles. The molecule has 0 aromatic heterocycles. The fourth-order valence-corrected chi connectivity index (χ4v) is 5.81. The van der Waals surface area contributed by atoms with Gasteiger partial charge in [0.15, 0.2) is 0 Å². The van der Waals surface area contributed by atoms with E-state index >= 15 is 0 Å². The number of hydrogen-bond acceptors (Lipinski definition) is 5. The summed E-state index contributed by atoms with van der Waals surface area (Å²) in [4.78, 5) is 27.8. The topological polar surface area (TPSA) is 96.0 Å². The van der Waals surface area contributed by atoms with Gasteiger partial charge in [0.2, 0.25) is 11.8 Å². The largest absolute Gasteiger partial charge is 0.497 e. The number of carbonyl (C=O) groups excluding carboxylic acids is 2. The summed E-state index contributed by atoms with van der Waals surface area (Å²) in [5, 5.41) is 3.23. The zero-order valence-corrected chi connectivity index (χ0v) is 23.9. The standard InChI is InChI=1S/C27H28Cl2FN3O5S/c1-4-25(27(35)31-2)32(16-18-5-6-19(28)15-24(18)29)26(34)17-33(21-9-7-20(30)8-10-21)39(36,37)23-13-11-22(38-3)12-14-23/h5-15,25H,4,16-17H2,1-3H3,(H,31,35)/t25-/m1/s1. The minimum absolute atomic E-state index is 0.0676. The minimum Gasteiger partial charge on any atom is -0.497 e. The molecule has 0 spiro atoms. The third kappa shape index (κ3) is 7.20. The van der Waals surface area contributed by atoms with Gasteiger partial charge in [-0.3, -0.25) is 13.9 Å². The molecule has 0 saturated heterocycles. The number of nitrogens with zero attached hydrogens (tertiary/aromatic N) is 2. The number of hydrogen-bond donors (Lipinski definition) is 1. The highest BCUT2D eigenvalue weighted by Gasteiger charge is 2.33. The molecule has 0 fully saturated rings. The Morgan fingerprint density at radius 3 is 2.21 bits per heavy atom. The average Bonchev–Trinajstić information content (AvgIpc) is 2.93. The van der Waals surface area contributed by atoms with E-state index in [1.165, 1.54) is 61.5 Å². The highest BCUT2D eigenvalue weighted by Crippen LogP contribution is 2.28. The smallest absolute Gasteiger partial charge is 0.264 e. The van der Waals surface area contributed by atoms with Gasteiger partial charge in [0, 0.05) is 23.6 Å². The number of nitrogens with one attached hydrogen (secondary N) is 1. The van der Waals surface area contributed by atoms with Crippen LogP contribution in [0.25, 0.3) is 0 Å². The summed E-state index contributed by atoms with van der Waals surface area (Å²) in [7, 11) is -1.41. The van der Waals surface area contributed by atoms with Gasteiger partial charge in [-0.15, -0.1) is 0 Å². The fourth-order valence-electron chi connectivity index (χ4n) is 3.93. The first-order chi connectivity index (χ1) is 18.5. The van der Waals surface area contributed by atoms with Crippen molar-refractivity contribution in [3.05, 3.63) is 88.2 Å². The summed E-state index contributed by atoms with van der Waals surface area (Å²) in [6.07, 6.45) is 0.248. The van der Waals surface area contributed by atoms with Crippen molar-refractivity contribution in [2.24, 2.45) is 0 Å². The molecule has 3 rings (SSSR count). The Hall–Kier alpha value is -3.34. The van der Waals surface area contributed by atoms with Gasteiger partial charge in [-0.1, -0.05) is 36.2 Å². The van der Waals surface area contributed by atoms with Crippen LogP contribution < -0.4 is 14.4 Å². The highest BCUT2D eigenvalue weighted by molar-refractivity contribution is 7.92. The number of amides is 2. The van der Waals surface area contributed by atoms with E-state index in [0.717, 1.165) is 16.4 Å². The maximum Gasteiger partial charge on any atom is 0.264 e. The van der Waals surface area contributed by atoms with Gasteiger partial charge in [-0.25, -0.2) is 12.8 Å². The molecule has 12 heteroatoms. The van der Waals surface area contributed by atoms with Crippen LogP contribution in [0.1, 0.15) is 18.9 Å². The first-order valence-electron chi connectivity index (χ1n) is 11.9. The van der Waals surface area contributed by atoms with Gasteiger partial charge in [-0.05, 0) is 72.6 Å². The van der Waals surface area contributed by atoms with Crippen LogP contribution in [0.4, 0.5) is 10.1 Å². The number of ether oxygens (including phenoxy) is 1. The van der Waals surface area contributed by atoms with Crippen molar-refractivity contribution in [2.45, 2.75) is 30.8 Å². The van der Waals surface area contributed by atoms with Crippen molar-refractivity contribution >= 4 is 50.7 Å². The zero-order valence-electron chi connectivity index (χ0n) is 21.5. The van der Waals surface area contributed by atoms with Crippen LogP contribution in [-0.2, 0) is 26.2 Å². The second-order valence-corrected chi connectivity index (χ2v) is 11.2. The van der Waals surface area contributed by atoms with Crippen LogP contribution in [0.15, 0.2) is 71.6 Å². The molecule has 3 aromatic carbocycles. The SMILES string of the molecule is CC[C@H](C(=O)NC)N(Cc1ccc(Cl)cc1Cl)C(=O)CN(c1ccc(F)cc1)S(=O)(=O)c1ccc(OC)cc1. The number of rotatable bonds is 11. The van der Waals surface area contributed by atoms with Crippen LogP contribution in [-0.4, -0.2) is 51.9 Å². The Balaban J connectivity index is 2.07. The van der Waals surface area contributed by atoms with E-state index in [1.54, 1.807) is 19.1 Å². The van der Waals surface area contributed by atoms with E-state index in [-0.39, 0.29) is 28.6 Å². The number of likely N-dealkylation sites (N-methyl/N-ethyl adjacent to an activating group) is 1. The van der Waals surface area contributed by atoms with Crippen molar-refractivity contribution in [1.29, 1.82) is 0 Å². The number of halogens is 3. The Morgan fingerprint density at radius 1 is 1.03 bits per heavy atom. The first kappa shape index (κ1) is 30.2. The van der Waals surface area contributed by atoms with E-state index in [2.05, 4.69) is 5.32 Å². The molecule has 0 heterocycles. The molecule has 39 heavy (non-hydrogen) atoms.